The molecule has 0 aliphatic carbocycles. The Morgan fingerprint density at radius 1 is 0.333 bits per heavy atom. The van der Waals surface area contributed by atoms with Crippen LogP contribution in [0, 0.1) is 0 Å². The maximum atomic E-state index is 11.2. The van der Waals surface area contributed by atoms with Crippen molar-refractivity contribution in [2.75, 3.05) is 0 Å². The average Bonchev–Trinajstić information content (AvgIpc) is 3.39. The van der Waals surface area contributed by atoms with Gasteiger partial charge in [-0.15, -0.1) is 0 Å². The van der Waals surface area contributed by atoms with Gasteiger partial charge in [0.25, 0.3) is 0 Å². The average molecular weight is 1350 g/mol. The van der Waals surface area contributed by atoms with Crippen LogP contribution in [-0.2, 0) is 82.6 Å². The van der Waals surface area contributed by atoms with Gasteiger partial charge in [0, 0.05) is 0 Å². The second kappa shape index (κ2) is 39.1. The van der Waals surface area contributed by atoms with Gasteiger partial charge in [-0.3, -0.25) is 13.7 Å². The minimum Gasteiger partial charge on any atom is -0.747 e. The van der Waals surface area contributed by atoms with E-state index in [4.69, 9.17) is 29.4 Å². The molecule has 0 saturated carbocycles. The first-order valence-electron chi connectivity index (χ1n) is 26.4. The summed E-state index contributed by atoms with van der Waals surface area (Å²) in [5.41, 5.74) is 13.1. The normalized spacial score (nSPS) is 13.0. The summed E-state index contributed by atoms with van der Waals surface area (Å²) in [6.07, 6.45) is 7.11. The van der Waals surface area contributed by atoms with Crippen molar-refractivity contribution in [2.24, 2.45) is 0 Å². The van der Waals surface area contributed by atoms with Crippen LogP contribution in [0.1, 0.15) is 112 Å². The summed E-state index contributed by atoms with van der Waals surface area (Å²) in [7, 11) is -30.1. The minimum absolute atomic E-state index is 0. The van der Waals surface area contributed by atoms with Gasteiger partial charge in [0.1, 0.15) is 30.4 Å². The van der Waals surface area contributed by atoms with Gasteiger partial charge >= 0.3 is 177 Å². The van der Waals surface area contributed by atoms with Crippen LogP contribution >= 0.6 is 22.8 Å². The summed E-state index contributed by atoms with van der Waals surface area (Å²) in [5, 5.41) is 0. The second-order valence-electron chi connectivity index (χ2n) is 19.7. The molecule has 0 bridgehead atoms. The number of hydrogen-bond donors (Lipinski definition) is 6. The minimum atomic E-state index is -5.04. The number of benzene rings is 6. The van der Waals surface area contributed by atoms with Crippen LogP contribution in [0.25, 0.3) is 33.4 Å². The summed E-state index contributed by atoms with van der Waals surface area (Å²) in [4.78, 5) is 47.9. The fraction of sp³-hybridized carbons (Fsp3) is 0.368. The molecule has 0 heterocycles. The number of hydrogen-bond acceptors (Lipinski definition) is 12. The summed E-state index contributed by atoms with van der Waals surface area (Å²) < 4.78 is 133. The zero-order valence-corrected chi connectivity index (χ0v) is 62.8. The second-order valence-corrected chi connectivity index (χ2v) is 30.8. The van der Waals surface area contributed by atoms with Crippen molar-refractivity contribution in [3.63, 3.8) is 0 Å². The molecule has 0 aliphatic heterocycles. The molecule has 3 atom stereocenters. The first-order valence-corrected chi connectivity index (χ1v) is 35.8. The molecule has 3 unspecified atom stereocenters. The molecule has 0 radical (unpaired) electrons. The fourth-order valence-electron chi connectivity index (χ4n) is 9.06. The van der Waals surface area contributed by atoms with Crippen LogP contribution in [0.15, 0.2) is 146 Å². The third-order valence-electron chi connectivity index (χ3n) is 13.1. The molecule has 0 saturated heterocycles. The van der Waals surface area contributed by atoms with Crippen molar-refractivity contribution in [3.8, 4) is 33.4 Å². The van der Waals surface area contributed by atoms with Gasteiger partial charge in [0.2, 0.25) is 0 Å². The van der Waals surface area contributed by atoms with E-state index in [-0.39, 0.29) is 193 Å². The molecular formula is C57H72K3O18P3S3. The Morgan fingerprint density at radius 3 is 0.726 bits per heavy atom. The topological polar surface area (TPSA) is 344 Å². The van der Waals surface area contributed by atoms with Gasteiger partial charge in [-0.05, 0) is 144 Å². The summed E-state index contributed by atoms with van der Waals surface area (Å²) >= 11 is 0. The van der Waals surface area contributed by atoms with E-state index < -0.39 is 68.1 Å². The molecule has 6 aromatic rings. The predicted octanol–water partition coefficient (Wildman–Crippen LogP) is 2.05. The molecule has 0 spiro atoms. The smallest absolute Gasteiger partial charge is 0.747 e. The standard InChI is InChI=1S/3C19H25O6PS.3K/c3*1-2-5-16-7-3-8-18(14-16)17-12-10-15(11-13-17)6-4-9-19(26(20,21)22)27(23,24)25;;;/h3*3,7-8,10-14,19H,2,4-6,9H2,1H3,(H2,20,21,22)(H,23,24,25);;;/q;;;3*+1/p-3. The third kappa shape index (κ3) is 29.8. The van der Waals surface area contributed by atoms with E-state index in [0.29, 0.717) is 19.3 Å². The molecule has 27 heteroatoms. The summed E-state index contributed by atoms with van der Waals surface area (Å²) in [6.45, 7) is 6.41. The van der Waals surface area contributed by atoms with E-state index in [1.165, 1.54) is 16.7 Å². The molecule has 0 amide bonds. The molecule has 6 aromatic carbocycles. The molecule has 6 N–H and O–H groups in total. The molecule has 0 aromatic heterocycles. The fourth-order valence-corrected chi connectivity index (χ4v) is 16.0. The van der Waals surface area contributed by atoms with Crippen molar-refractivity contribution in [2.45, 2.75) is 132 Å². The van der Waals surface area contributed by atoms with Gasteiger partial charge < -0.3 is 43.0 Å². The van der Waals surface area contributed by atoms with Gasteiger partial charge in [-0.25, -0.2) is 25.3 Å². The Hall–Kier alpha value is 0.409. The zero-order chi connectivity index (χ0) is 60.2. The molecule has 444 valence electrons. The Kier molecular flexibility index (Phi) is 38.3. The van der Waals surface area contributed by atoms with Crippen molar-refractivity contribution in [1.29, 1.82) is 0 Å². The van der Waals surface area contributed by atoms with Gasteiger partial charge in [-0.1, -0.05) is 186 Å². The molecular weight excluding hydrogens is 1280 g/mol. The molecule has 0 aliphatic rings. The van der Waals surface area contributed by atoms with Crippen LogP contribution in [0.4, 0.5) is 0 Å². The van der Waals surface area contributed by atoms with Crippen LogP contribution < -0.4 is 154 Å². The Morgan fingerprint density at radius 2 is 0.548 bits per heavy atom. The van der Waals surface area contributed by atoms with Crippen molar-refractivity contribution < 1.29 is 236 Å². The van der Waals surface area contributed by atoms with E-state index >= 15 is 0 Å². The first kappa shape index (κ1) is 82.4. The van der Waals surface area contributed by atoms with Crippen LogP contribution in [0.3, 0.4) is 0 Å². The van der Waals surface area contributed by atoms with Gasteiger partial charge in [-0.2, -0.15) is 0 Å². The van der Waals surface area contributed by atoms with Crippen LogP contribution in [0.5, 0.6) is 0 Å². The number of rotatable bonds is 27. The summed E-state index contributed by atoms with van der Waals surface area (Å²) in [6, 6.07) is 48.2. The number of aryl methyl sites for hydroxylation is 6. The SMILES string of the molecule is CCCc1cccc(-c2ccc(CCCC(P(=O)(O)O)S(=O)(=O)[O-])cc2)c1.CCCc1cccc(-c2ccc(CCCC(P(=O)(O)O)S(=O)(=O)[O-])cc2)c1.CCCc1cccc(-c2ccc(CCCC(P(=O)(O)O)S(=O)(=O)[O-])cc2)c1.[K+].[K+].[K+]. The maximum absolute atomic E-state index is 11.2. The molecule has 18 nitrogen and oxygen atoms in total. The van der Waals surface area contributed by atoms with E-state index in [9.17, 15) is 52.6 Å². The quantitative estimate of drug-likeness (QED) is 0.0244. The summed E-state index contributed by atoms with van der Waals surface area (Å²) in [5.74, 6) is 0. The Balaban J connectivity index is 0.000000619. The van der Waals surface area contributed by atoms with E-state index in [0.717, 1.165) is 88.6 Å². The molecule has 0 fully saturated rings. The van der Waals surface area contributed by atoms with Crippen molar-refractivity contribution in [1.82, 2.24) is 0 Å². The zero-order valence-electron chi connectivity index (χ0n) is 48.3. The molecule has 6 rings (SSSR count). The van der Waals surface area contributed by atoms with Crippen LogP contribution in [0.2, 0.25) is 0 Å². The predicted molar refractivity (Wildman–Crippen MR) is 313 cm³/mol. The van der Waals surface area contributed by atoms with E-state index in [2.05, 4.69) is 57.2 Å². The first-order chi connectivity index (χ1) is 37.8. The van der Waals surface area contributed by atoms with E-state index in [1.54, 1.807) is 0 Å². The van der Waals surface area contributed by atoms with Gasteiger partial charge in [0.15, 0.2) is 15.0 Å². The van der Waals surface area contributed by atoms with Crippen molar-refractivity contribution in [3.05, 3.63) is 179 Å². The Bertz CT molecular complexity index is 3090. The molecule has 84 heavy (non-hydrogen) atoms. The maximum Gasteiger partial charge on any atom is 1.00 e. The van der Waals surface area contributed by atoms with Crippen LogP contribution in [-0.4, -0.2) is 83.2 Å². The van der Waals surface area contributed by atoms with Gasteiger partial charge in [0.05, 0.1) is 0 Å². The largest absolute Gasteiger partial charge is 1.00 e. The monoisotopic (exact) mass is 1350 g/mol. The Labute approximate surface area is 623 Å². The third-order valence-corrected chi connectivity index (χ3v) is 23.7. The van der Waals surface area contributed by atoms with E-state index in [1.807, 2.05) is 109 Å². The van der Waals surface area contributed by atoms with Crippen molar-refractivity contribution >= 4 is 53.1 Å².